The number of nitrogens with zero attached hydrogens (tertiary/aromatic N) is 4. The Hall–Kier alpha value is -2.45. The van der Waals surface area contributed by atoms with Gasteiger partial charge in [0.05, 0.1) is 18.5 Å². The van der Waals surface area contributed by atoms with E-state index >= 15 is 0 Å². The summed E-state index contributed by atoms with van der Waals surface area (Å²) in [6.45, 7) is 3.16. The first-order valence-electron chi connectivity index (χ1n) is 6.27. The van der Waals surface area contributed by atoms with E-state index in [0.29, 0.717) is 5.69 Å². The predicted octanol–water partition coefficient (Wildman–Crippen LogP) is 0.430. The Balaban J connectivity index is 2.73. The van der Waals surface area contributed by atoms with Crippen molar-refractivity contribution in [2.75, 3.05) is 20.7 Å². The Morgan fingerprint density at radius 2 is 2.05 bits per heavy atom. The van der Waals surface area contributed by atoms with Crippen LogP contribution in [-0.4, -0.2) is 52.2 Å². The van der Waals surface area contributed by atoms with Crippen LogP contribution in [0.3, 0.4) is 0 Å². The minimum Gasteiger partial charge on any atom is -0.469 e. The van der Waals surface area contributed by atoms with Gasteiger partial charge in [0.1, 0.15) is 17.9 Å². The van der Waals surface area contributed by atoms with Gasteiger partial charge in [-0.1, -0.05) is 0 Å². The van der Waals surface area contributed by atoms with Crippen LogP contribution in [0.1, 0.15) is 17.8 Å². The van der Waals surface area contributed by atoms with Gasteiger partial charge in [-0.3, -0.25) is 24.4 Å². The molecule has 0 aliphatic carbocycles. The Labute approximate surface area is 121 Å². The average Bonchev–Trinajstić information content (AvgIpc) is 2.69. The maximum Gasteiger partial charge on any atom is 0.312 e. The number of carbonyl (C=O) groups is 2. The van der Waals surface area contributed by atoms with Gasteiger partial charge < -0.3 is 9.64 Å². The Kier molecular flexibility index (Phi) is 5.39. The zero-order valence-corrected chi connectivity index (χ0v) is 12.5. The quantitative estimate of drug-likeness (QED) is 0.428. The van der Waals surface area contributed by atoms with Crippen molar-refractivity contribution in [1.29, 1.82) is 0 Å². The van der Waals surface area contributed by atoms with E-state index < -0.39 is 10.9 Å². The van der Waals surface area contributed by atoms with Gasteiger partial charge in [-0.05, 0) is 13.8 Å². The topological polar surface area (TPSA) is 108 Å². The summed E-state index contributed by atoms with van der Waals surface area (Å²) in [4.78, 5) is 34.8. The van der Waals surface area contributed by atoms with Crippen molar-refractivity contribution in [3.05, 3.63) is 21.5 Å². The Morgan fingerprint density at radius 1 is 1.43 bits per heavy atom. The summed E-state index contributed by atoms with van der Waals surface area (Å²) in [5.41, 5.74) is 0.509. The average molecular weight is 298 g/mol. The molecule has 1 rings (SSSR count). The number of ether oxygens (including phenoxy) is 1. The Morgan fingerprint density at radius 3 is 2.52 bits per heavy atom. The normalized spacial score (nSPS) is 10.3. The van der Waals surface area contributed by atoms with Crippen molar-refractivity contribution in [3.63, 3.8) is 0 Å². The fourth-order valence-corrected chi connectivity index (χ4v) is 1.84. The third-order valence-electron chi connectivity index (χ3n) is 3.12. The number of hydrogen-bond acceptors (Lipinski definition) is 6. The fourth-order valence-electron chi connectivity index (χ4n) is 1.84. The maximum atomic E-state index is 12.0. The molecule has 9 heteroatoms. The molecule has 1 aromatic rings. The van der Waals surface area contributed by atoms with E-state index in [2.05, 4.69) is 9.84 Å². The monoisotopic (exact) mass is 298 g/mol. The molecule has 0 aliphatic rings. The number of hydrogen-bond donors (Lipinski definition) is 0. The second kappa shape index (κ2) is 6.82. The summed E-state index contributed by atoms with van der Waals surface area (Å²) in [6, 6.07) is 0. The van der Waals surface area contributed by atoms with Gasteiger partial charge in [-0.25, -0.2) is 0 Å². The first-order chi connectivity index (χ1) is 9.77. The number of aryl methyl sites for hydroxylation is 1. The van der Waals surface area contributed by atoms with Crippen LogP contribution in [0.15, 0.2) is 0 Å². The van der Waals surface area contributed by atoms with E-state index in [0.717, 1.165) is 0 Å². The van der Waals surface area contributed by atoms with E-state index in [9.17, 15) is 19.7 Å². The number of amides is 1. The summed E-state index contributed by atoms with van der Waals surface area (Å²) in [7, 11) is 2.82. The number of nitro groups is 1. The molecule has 1 amide bonds. The van der Waals surface area contributed by atoms with Gasteiger partial charge in [-0.2, -0.15) is 5.10 Å². The first kappa shape index (κ1) is 16.6. The number of carbonyl (C=O) groups excluding carboxylic acids is 2. The van der Waals surface area contributed by atoms with Crippen molar-refractivity contribution in [2.24, 2.45) is 0 Å². The van der Waals surface area contributed by atoms with Crippen molar-refractivity contribution >= 4 is 17.6 Å². The minimum atomic E-state index is -0.514. The van der Waals surface area contributed by atoms with Gasteiger partial charge in [0, 0.05) is 13.6 Å². The number of rotatable bonds is 6. The number of esters is 1. The minimum absolute atomic E-state index is 0.0833. The van der Waals surface area contributed by atoms with Crippen LogP contribution in [0.2, 0.25) is 0 Å². The van der Waals surface area contributed by atoms with Gasteiger partial charge in [0.2, 0.25) is 5.91 Å². The zero-order chi connectivity index (χ0) is 16.2. The third kappa shape index (κ3) is 4.01. The van der Waals surface area contributed by atoms with E-state index in [1.54, 1.807) is 14.0 Å². The highest BCUT2D eigenvalue weighted by molar-refractivity contribution is 5.77. The van der Waals surface area contributed by atoms with Gasteiger partial charge in [0.25, 0.3) is 0 Å². The number of likely N-dealkylation sites (N-methyl/N-ethyl adjacent to an activating group) is 1. The lowest BCUT2D eigenvalue weighted by atomic mass is 10.3. The predicted molar refractivity (Wildman–Crippen MR) is 72.6 cm³/mol. The van der Waals surface area contributed by atoms with Gasteiger partial charge in [-0.15, -0.1) is 0 Å². The highest BCUT2D eigenvalue weighted by Crippen LogP contribution is 2.21. The molecule has 116 valence electrons. The van der Waals surface area contributed by atoms with Crippen LogP contribution in [0.4, 0.5) is 5.69 Å². The molecule has 0 saturated heterocycles. The molecule has 1 aromatic heterocycles. The highest BCUT2D eigenvalue weighted by Gasteiger charge is 2.23. The zero-order valence-electron chi connectivity index (χ0n) is 12.5. The molecule has 0 aliphatic heterocycles. The molecule has 0 N–H and O–H groups in total. The molecule has 9 nitrogen and oxygen atoms in total. The molecule has 0 atom stereocenters. The van der Waals surface area contributed by atoms with Crippen LogP contribution in [-0.2, 0) is 20.9 Å². The van der Waals surface area contributed by atoms with E-state index in [4.69, 9.17) is 0 Å². The van der Waals surface area contributed by atoms with Crippen LogP contribution in [0, 0.1) is 24.0 Å². The summed E-state index contributed by atoms with van der Waals surface area (Å²) >= 11 is 0. The van der Waals surface area contributed by atoms with Crippen LogP contribution < -0.4 is 0 Å². The lowest BCUT2D eigenvalue weighted by Gasteiger charge is -2.16. The largest absolute Gasteiger partial charge is 0.469 e. The lowest BCUT2D eigenvalue weighted by molar-refractivity contribution is -0.386. The summed E-state index contributed by atoms with van der Waals surface area (Å²) in [5, 5.41) is 14.9. The standard InChI is InChI=1S/C12H18N4O5/c1-8-12(16(19)20)9(2)15(13-8)7-10(17)14(3)6-5-11(18)21-4/h5-7H2,1-4H3. The highest BCUT2D eigenvalue weighted by atomic mass is 16.6. The second-order valence-corrected chi connectivity index (χ2v) is 4.58. The number of methoxy groups -OCH3 is 1. The maximum absolute atomic E-state index is 12.0. The second-order valence-electron chi connectivity index (χ2n) is 4.58. The Bertz CT molecular complexity index is 566. The van der Waals surface area contributed by atoms with E-state index in [1.165, 1.54) is 23.6 Å². The van der Waals surface area contributed by atoms with E-state index in [1.807, 2.05) is 0 Å². The van der Waals surface area contributed by atoms with Crippen molar-refractivity contribution in [1.82, 2.24) is 14.7 Å². The van der Waals surface area contributed by atoms with E-state index in [-0.39, 0.29) is 36.8 Å². The molecule has 0 saturated carbocycles. The molecule has 1 heterocycles. The SMILES string of the molecule is COC(=O)CCN(C)C(=O)Cn1nc(C)c([N+](=O)[O-])c1C. The smallest absolute Gasteiger partial charge is 0.312 e. The molecule has 21 heavy (non-hydrogen) atoms. The summed E-state index contributed by atoms with van der Waals surface area (Å²) < 4.78 is 5.79. The summed E-state index contributed by atoms with van der Waals surface area (Å²) in [6.07, 6.45) is 0.0933. The van der Waals surface area contributed by atoms with Crippen molar-refractivity contribution < 1.29 is 19.2 Å². The first-order valence-corrected chi connectivity index (χ1v) is 6.27. The molecule has 0 aromatic carbocycles. The molecule has 0 unspecified atom stereocenters. The number of aromatic nitrogens is 2. The van der Waals surface area contributed by atoms with Crippen LogP contribution in [0.25, 0.3) is 0 Å². The molecular weight excluding hydrogens is 280 g/mol. The molecule has 0 spiro atoms. The van der Waals surface area contributed by atoms with Crippen LogP contribution >= 0.6 is 0 Å². The lowest BCUT2D eigenvalue weighted by Crippen LogP contribution is -2.32. The molecular formula is C12H18N4O5. The van der Waals surface area contributed by atoms with Gasteiger partial charge in [0.15, 0.2) is 0 Å². The fraction of sp³-hybridized carbons (Fsp3) is 0.583. The third-order valence-corrected chi connectivity index (χ3v) is 3.12. The van der Waals surface area contributed by atoms with Crippen molar-refractivity contribution in [2.45, 2.75) is 26.8 Å². The molecule has 0 bridgehead atoms. The van der Waals surface area contributed by atoms with Crippen LogP contribution in [0.5, 0.6) is 0 Å². The van der Waals surface area contributed by atoms with Gasteiger partial charge >= 0.3 is 11.7 Å². The molecule has 0 radical (unpaired) electrons. The summed E-state index contributed by atoms with van der Waals surface area (Å²) in [5.74, 6) is -0.698. The van der Waals surface area contributed by atoms with Crippen molar-refractivity contribution in [3.8, 4) is 0 Å². The molecule has 0 fully saturated rings.